The molecule has 0 bridgehead atoms. The first kappa shape index (κ1) is 22.4. The summed E-state index contributed by atoms with van der Waals surface area (Å²) in [6.07, 6.45) is -4.91. The minimum absolute atomic E-state index is 0.0232. The maximum absolute atomic E-state index is 13.0. The van der Waals surface area contributed by atoms with Gasteiger partial charge < -0.3 is 14.8 Å². The van der Waals surface area contributed by atoms with Crippen molar-refractivity contribution in [2.45, 2.75) is 26.3 Å². The summed E-state index contributed by atoms with van der Waals surface area (Å²) in [5.74, 6) is -1.54. The van der Waals surface area contributed by atoms with Crippen LogP contribution in [-0.2, 0) is 14.3 Å². The van der Waals surface area contributed by atoms with Gasteiger partial charge in [-0.3, -0.25) is 14.5 Å². The van der Waals surface area contributed by atoms with Gasteiger partial charge in [-0.1, -0.05) is 36.4 Å². The second kappa shape index (κ2) is 9.22. The van der Waals surface area contributed by atoms with Gasteiger partial charge in [-0.25, -0.2) is 0 Å². The maximum Gasteiger partial charge on any atom is 0.573 e. The molecule has 3 rings (SSSR count). The molecule has 0 unspecified atom stereocenters. The number of imide groups is 1. The molecule has 6 nitrogen and oxygen atoms in total. The highest BCUT2D eigenvalue weighted by molar-refractivity contribution is 6.36. The summed E-state index contributed by atoms with van der Waals surface area (Å²) in [5.41, 5.74) is 0.798. The number of amides is 2. The predicted molar refractivity (Wildman–Crippen MR) is 108 cm³/mol. The standard InChI is InChI=1S/C22H21F3N2O4/c1-14(2)30-12-11-27-20(28)18(15-7-4-3-5-8-15)19(21(27)29)26-16-9-6-10-17(13-16)31-22(23,24)25/h3-10,13-14,26H,11-12H2,1-2H3. The molecule has 0 fully saturated rings. The normalized spacial score (nSPS) is 14.6. The van der Waals surface area contributed by atoms with Crippen molar-refractivity contribution < 1.29 is 32.2 Å². The number of alkyl halides is 3. The van der Waals surface area contributed by atoms with E-state index in [9.17, 15) is 22.8 Å². The van der Waals surface area contributed by atoms with Gasteiger partial charge in [0.15, 0.2) is 0 Å². The molecule has 31 heavy (non-hydrogen) atoms. The van der Waals surface area contributed by atoms with Crippen molar-refractivity contribution in [1.82, 2.24) is 4.90 Å². The molecule has 1 aliphatic heterocycles. The number of hydrogen-bond donors (Lipinski definition) is 1. The number of nitrogens with zero attached hydrogens (tertiary/aromatic N) is 1. The van der Waals surface area contributed by atoms with Gasteiger partial charge in [0, 0.05) is 11.8 Å². The van der Waals surface area contributed by atoms with E-state index < -0.39 is 23.9 Å². The average Bonchev–Trinajstić information content (AvgIpc) is 2.91. The third-order valence-corrected chi connectivity index (χ3v) is 4.33. The Morgan fingerprint density at radius 3 is 2.35 bits per heavy atom. The minimum Gasteiger partial charge on any atom is -0.406 e. The van der Waals surface area contributed by atoms with Crippen molar-refractivity contribution in [3.63, 3.8) is 0 Å². The van der Waals surface area contributed by atoms with Crippen molar-refractivity contribution in [3.05, 3.63) is 65.9 Å². The smallest absolute Gasteiger partial charge is 0.406 e. The van der Waals surface area contributed by atoms with Crippen LogP contribution in [0.25, 0.3) is 5.57 Å². The molecular formula is C22H21F3N2O4. The van der Waals surface area contributed by atoms with Gasteiger partial charge in [-0.15, -0.1) is 13.2 Å². The number of rotatable bonds is 8. The highest BCUT2D eigenvalue weighted by Crippen LogP contribution is 2.32. The third kappa shape index (κ3) is 5.64. The number of ether oxygens (including phenoxy) is 2. The largest absolute Gasteiger partial charge is 0.573 e. The quantitative estimate of drug-likeness (QED) is 0.631. The van der Waals surface area contributed by atoms with E-state index in [0.29, 0.717) is 5.56 Å². The van der Waals surface area contributed by atoms with Crippen LogP contribution >= 0.6 is 0 Å². The fourth-order valence-electron chi connectivity index (χ4n) is 3.06. The Hall–Kier alpha value is -3.33. The Morgan fingerprint density at radius 1 is 1.00 bits per heavy atom. The number of hydrogen-bond acceptors (Lipinski definition) is 5. The van der Waals surface area contributed by atoms with E-state index in [1.165, 1.54) is 12.1 Å². The van der Waals surface area contributed by atoms with E-state index in [-0.39, 0.29) is 36.2 Å². The minimum atomic E-state index is -4.85. The van der Waals surface area contributed by atoms with Crippen molar-refractivity contribution in [3.8, 4) is 5.75 Å². The molecule has 9 heteroatoms. The lowest BCUT2D eigenvalue weighted by Gasteiger charge is -2.16. The highest BCUT2D eigenvalue weighted by Gasteiger charge is 2.39. The maximum atomic E-state index is 13.0. The number of carbonyl (C=O) groups excluding carboxylic acids is 2. The van der Waals surface area contributed by atoms with Crippen LogP contribution < -0.4 is 10.1 Å². The lowest BCUT2D eigenvalue weighted by molar-refractivity contribution is -0.274. The molecule has 164 valence electrons. The molecule has 0 saturated carbocycles. The van der Waals surface area contributed by atoms with E-state index in [1.54, 1.807) is 30.3 Å². The second-order valence-electron chi connectivity index (χ2n) is 7.00. The van der Waals surface area contributed by atoms with Crippen molar-refractivity contribution in [2.24, 2.45) is 0 Å². The van der Waals surface area contributed by atoms with Crippen LogP contribution in [0.2, 0.25) is 0 Å². The fourth-order valence-corrected chi connectivity index (χ4v) is 3.06. The van der Waals surface area contributed by atoms with Gasteiger partial charge in [-0.05, 0) is 31.5 Å². The lowest BCUT2D eigenvalue weighted by Crippen LogP contribution is -2.35. The Morgan fingerprint density at radius 2 is 1.71 bits per heavy atom. The predicted octanol–water partition coefficient (Wildman–Crippen LogP) is 4.20. The molecule has 0 saturated heterocycles. The van der Waals surface area contributed by atoms with Crippen molar-refractivity contribution in [2.75, 3.05) is 18.5 Å². The van der Waals surface area contributed by atoms with Crippen LogP contribution in [0, 0.1) is 0 Å². The SMILES string of the molecule is CC(C)OCCN1C(=O)C(Nc2cccc(OC(F)(F)F)c2)=C(c2ccccc2)C1=O. The van der Waals surface area contributed by atoms with Gasteiger partial charge in [0.25, 0.3) is 11.8 Å². The summed E-state index contributed by atoms with van der Waals surface area (Å²) in [5, 5.41) is 2.80. The zero-order valence-electron chi connectivity index (χ0n) is 16.9. The molecule has 2 aromatic rings. The van der Waals surface area contributed by atoms with E-state index in [2.05, 4.69) is 10.1 Å². The monoisotopic (exact) mass is 434 g/mol. The Kier molecular flexibility index (Phi) is 6.65. The second-order valence-corrected chi connectivity index (χ2v) is 7.00. The van der Waals surface area contributed by atoms with Gasteiger partial charge in [0.05, 0.1) is 24.8 Å². The molecule has 0 aliphatic carbocycles. The first-order valence-electron chi connectivity index (χ1n) is 9.56. The van der Waals surface area contributed by atoms with Crippen LogP contribution in [0.5, 0.6) is 5.75 Å². The zero-order chi connectivity index (χ0) is 22.6. The summed E-state index contributed by atoms with van der Waals surface area (Å²) < 4.78 is 47.0. The van der Waals surface area contributed by atoms with E-state index in [0.717, 1.165) is 17.0 Å². The number of nitrogens with one attached hydrogen (secondary N) is 1. The molecule has 2 aromatic carbocycles. The van der Waals surface area contributed by atoms with Crippen LogP contribution in [0.4, 0.5) is 18.9 Å². The number of carbonyl (C=O) groups is 2. The average molecular weight is 434 g/mol. The number of anilines is 1. The molecule has 1 aliphatic rings. The topological polar surface area (TPSA) is 67.9 Å². The van der Waals surface area contributed by atoms with Gasteiger partial charge in [0.1, 0.15) is 11.4 Å². The summed E-state index contributed by atoms with van der Waals surface area (Å²) in [4.78, 5) is 27.1. The summed E-state index contributed by atoms with van der Waals surface area (Å²) >= 11 is 0. The van der Waals surface area contributed by atoms with Crippen LogP contribution in [-0.4, -0.2) is 42.3 Å². The Balaban J connectivity index is 1.92. The lowest BCUT2D eigenvalue weighted by atomic mass is 10.0. The summed E-state index contributed by atoms with van der Waals surface area (Å²) in [6.45, 7) is 3.89. The molecule has 0 radical (unpaired) electrons. The van der Waals surface area contributed by atoms with E-state index in [4.69, 9.17) is 4.74 Å². The molecule has 0 atom stereocenters. The molecule has 2 amide bonds. The van der Waals surface area contributed by atoms with E-state index >= 15 is 0 Å². The molecule has 1 heterocycles. The van der Waals surface area contributed by atoms with Crippen molar-refractivity contribution >= 4 is 23.1 Å². The molecule has 1 N–H and O–H groups in total. The fraction of sp³-hybridized carbons (Fsp3) is 0.273. The van der Waals surface area contributed by atoms with Gasteiger partial charge in [0.2, 0.25) is 0 Å². The highest BCUT2D eigenvalue weighted by atomic mass is 19.4. The Bertz CT molecular complexity index is 988. The first-order valence-corrected chi connectivity index (χ1v) is 9.56. The van der Waals surface area contributed by atoms with Gasteiger partial charge in [-0.2, -0.15) is 0 Å². The first-order chi connectivity index (χ1) is 14.7. The zero-order valence-corrected chi connectivity index (χ0v) is 16.9. The van der Waals surface area contributed by atoms with Crippen LogP contribution in [0.15, 0.2) is 60.3 Å². The third-order valence-electron chi connectivity index (χ3n) is 4.33. The number of benzene rings is 2. The van der Waals surface area contributed by atoms with Crippen molar-refractivity contribution in [1.29, 1.82) is 0 Å². The summed E-state index contributed by atoms with van der Waals surface area (Å²) in [7, 11) is 0. The molecule has 0 aromatic heterocycles. The molecule has 0 spiro atoms. The molecular weight excluding hydrogens is 413 g/mol. The van der Waals surface area contributed by atoms with Gasteiger partial charge >= 0.3 is 6.36 Å². The Labute approximate surface area is 177 Å². The van der Waals surface area contributed by atoms with E-state index in [1.807, 2.05) is 13.8 Å². The van der Waals surface area contributed by atoms with Crippen LogP contribution in [0.1, 0.15) is 19.4 Å². The number of halogens is 3. The summed E-state index contributed by atoms with van der Waals surface area (Å²) in [6, 6.07) is 13.6. The van der Waals surface area contributed by atoms with Crippen LogP contribution in [0.3, 0.4) is 0 Å².